The summed E-state index contributed by atoms with van der Waals surface area (Å²) in [6.07, 6.45) is 3.37. The third kappa shape index (κ3) is 4.23. The van der Waals surface area contributed by atoms with E-state index in [0.717, 1.165) is 27.6 Å². The molecule has 2 aromatic carbocycles. The molecule has 0 aliphatic heterocycles. The molecule has 32 heavy (non-hydrogen) atoms. The highest BCUT2D eigenvalue weighted by molar-refractivity contribution is 6.01. The fourth-order valence-corrected chi connectivity index (χ4v) is 3.45. The summed E-state index contributed by atoms with van der Waals surface area (Å²) in [5, 5.41) is 10.4. The zero-order chi connectivity index (χ0) is 22.7. The summed E-state index contributed by atoms with van der Waals surface area (Å²) in [7, 11) is 3.71. The summed E-state index contributed by atoms with van der Waals surface area (Å²) >= 11 is 0. The summed E-state index contributed by atoms with van der Waals surface area (Å²) in [6, 6.07) is 21.1. The Labute approximate surface area is 186 Å². The third-order valence-electron chi connectivity index (χ3n) is 4.97. The van der Waals surface area contributed by atoms with Crippen molar-refractivity contribution >= 4 is 28.8 Å². The van der Waals surface area contributed by atoms with Gasteiger partial charge in [0.1, 0.15) is 0 Å². The van der Waals surface area contributed by atoms with E-state index in [-0.39, 0.29) is 5.78 Å². The maximum absolute atomic E-state index is 12.5. The van der Waals surface area contributed by atoms with Crippen LogP contribution in [0.3, 0.4) is 0 Å². The zero-order valence-corrected chi connectivity index (χ0v) is 18.1. The Morgan fingerprint density at radius 1 is 1.06 bits per heavy atom. The monoisotopic (exact) mass is 419 g/mol. The Morgan fingerprint density at radius 3 is 2.66 bits per heavy atom. The Balaban J connectivity index is 2.02. The van der Waals surface area contributed by atoms with E-state index in [1.54, 1.807) is 29.6 Å². The average molecular weight is 419 g/mol. The molecule has 0 saturated carbocycles. The number of Topliss-reactive ketones (excluding diaryl/α,β-unsaturated/α-hetero) is 1. The fraction of sp³-hybridized carbons (Fsp3) is 0.115. The first-order valence-corrected chi connectivity index (χ1v) is 10.1. The number of aromatic nitrogens is 2. The molecule has 6 nitrogen and oxygen atoms in total. The maximum atomic E-state index is 12.5. The summed E-state index contributed by atoms with van der Waals surface area (Å²) in [5.74, 6) is 0.221. The highest BCUT2D eigenvalue weighted by Crippen LogP contribution is 2.36. The first kappa shape index (κ1) is 20.9. The Bertz CT molecular complexity index is 1400. The number of pyridine rings is 2. The molecule has 0 unspecified atom stereocenters. The van der Waals surface area contributed by atoms with Gasteiger partial charge in [-0.25, -0.2) is 9.98 Å². The molecule has 0 saturated heterocycles. The highest BCUT2D eigenvalue weighted by atomic mass is 16.1. The topological polar surface area (TPSA) is 82.2 Å². The van der Waals surface area contributed by atoms with Crippen LogP contribution in [-0.2, 0) is 0 Å². The van der Waals surface area contributed by atoms with E-state index in [1.807, 2.05) is 62.6 Å². The number of rotatable bonds is 5. The van der Waals surface area contributed by atoms with E-state index < -0.39 is 0 Å². The van der Waals surface area contributed by atoms with Gasteiger partial charge in [0.2, 0.25) is 0 Å². The van der Waals surface area contributed by atoms with Gasteiger partial charge < -0.3 is 4.90 Å². The van der Waals surface area contributed by atoms with Crippen molar-refractivity contribution < 1.29 is 4.79 Å². The van der Waals surface area contributed by atoms with Crippen LogP contribution < -0.4 is 0 Å². The predicted molar refractivity (Wildman–Crippen MR) is 127 cm³/mol. The summed E-state index contributed by atoms with van der Waals surface area (Å²) in [5.41, 5.74) is 4.98. The molecule has 0 bridgehead atoms. The van der Waals surface area contributed by atoms with Crippen LogP contribution in [0.5, 0.6) is 0 Å². The Kier molecular flexibility index (Phi) is 5.73. The van der Waals surface area contributed by atoms with Crippen LogP contribution in [0.4, 0.5) is 5.82 Å². The maximum Gasteiger partial charge on any atom is 0.165 e. The van der Waals surface area contributed by atoms with Gasteiger partial charge in [0, 0.05) is 36.8 Å². The Morgan fingerprint density at radius 2 is 1.91 bits per heavy atom. The van der Waals surface area contributed by atoms with Gasteiger partial charge in [0.05, 0.1) is 34.7 Å². The lowest BCUT2D eigenvalue weighted by Gasteiger charge is -2.14. The van der Waals surface area contributed by atoms with Crippen LogP contribution in [-0.4, -0.2) is 41.1 Å². The van der Waals surface area contributed by atoms with Crippen molar-refractivity contribution in [1.82, 2.24) is 14.9 Å². The smallest absolute Gasteiger partial charge is 0.165 e. The van der Waals surface area contributed by atoms with Gasteiger partial charge in [-0.05, 0) is 48.9 Å². The molecule has 0 spiro atoms. The second-order valence-electron chi connectivity index (χ2n) is 7.62. The predicted octanol–water partition coefficient (Wildman–Crippen LogP) is 5.26. The minimum absolute atomic E-state index is 0.121. The molecular weight excluding hydrogens is 398 g/mol. The summed E-state index contributed by atoms with van der Waals surface area (Å²) < 4.78 is 0. The first-order chi connectivity index (χ1) is 15.5. The molecule has 0 amide bonds. The van der Waals surface area contributed by atoms with Crippen LogP contribution in [0.25, 0.3) is 33.3 Å². The lowest BCUT2D eigenvalue weighted by atomic mass is 9.95. The van der Waals surface area contributed by atoms with Crippen molar-refractivity contribution in [3.63, 3.8) is 0 Å². The second-order valence-corrected chi connectivity index (χ2v) is 7.62. The zero-order valence-electron chi connectivity index (χ0n) is 18.1. The normalized spacial score (nSPS) is 10.9. The molecule has 0 N–H and O–H groups in total. The van der Waals surface area contributed by atoms with Gasteiger partial charge in [-0.15, -0.1) is 0 Å². The quantitative estimate of drug-likeness (QED) is 0.250. The van der Waals surface area contributed by atoms with E-state index in [2.05, 4.69) is 16.0 Å². The number of hydrogen-bond donors (Lipinski definition) is 0. The first-order valence-electron chi connectivity index (χ1n) is 10.1. The summed E-state index contributed by atoms with van der Waals surface area (Å²) in [6.45, 7) is 1.51. The molecule has 0 atom stereocenters. The van der Waals surface area contributed by atoms with Crippen LogP contribution in [0.2, 0.25) is 0 Å². The van der Waals surface area contributed by atoms with Gasteiger partial charge in [-0.3, -0.25) is 9.78 Å². The molecule has 6 heteroatoms. The lowest BCUT2D eigenvalue weighted by molar-refractivity contribution is 0.101. The molecule has 0 fully saturated rings. The number of nitrogens with zero attached hydrogens (tertiary/aromatic N) is 5. The number of aliphatic imine (C=N–C) groups is 1. The van der Waals surface area contributed by atoms with Crippen molar-refractivity contribution in [2.45, 2.75) is 6.92 Å². The number of fused-ring (bicyclic) bond motifs is 1. The molecule has 0 aliphatic carbocycles. The molecule has 0 radical (unpaired) electrons. The van der Waals surface area contributed by atoms with Crippen molar-refractivity contribution in [2.75, 3.05) is 14.1 Å². The molecule has 2 aromatic heterocycles. The molecule has 2 heterocycles. The number of hydrogen-bond acceptors (Lipinski definition) is 5. The molecule has 156 valence electrons. The van der Waals surface area contributed by atoms with E-state index in [0.29, 0.717) is 22.6 Å². The molecule has 4 rings (SSSR count). The average Bonchev–Trinajstić information content (AvgIpc) is 2.81. The number of ketones is 1. The molecule has 4 aromatic rings. The van der Waals surface area contributed by atoms with Gasteiger partial charge >= 0.3 is 0 Å². The fourth-order valence-electron chi connectivity index (χ4n) is 3.45. The summed E-state index contributed by atoms with van der Waals surface area (Å²) in [4.78, 5) is 27.9. The number of carbonyl (C=O) groups is 1. The van der Waals surface area contributed by atoms with Gasteiger partial charge in [-0.1, -0.05) is 24.3 Å². The SMILES string of the molecule is CC(=O)c1cc(-c2ccc3ncccc3c2)c(-c2cccc(C#N)c2)nc1N=CN(C)C. The highest BCUT2D eigenvalue weighted by Gasteiger charge is 2.18. The minimum atomic E-state index is -0.121. The van der Waals surface area contributed by atoms with Crippen LogP contribution >= 0.6 is 0 Å². The van der Waals surface area contributed by atoms with Crippen LogP contribution in [0, 0.1) is 11.3 Å². The van der Waals surface area contributed by atoms with Gasteiger partial charge in [0.15, 0.2) is 11.6 Å². The largest absolute Gasteiger partial charge is 0.369 e. The number of carbonyl (C=O) groups excluding carboxylic acids is 1. The van der Waals surface area contributed by atoms with Gasteiger partial charge in [0.25, 0.3) is 0 Å². The standard InChI is InChI=1S/C26H21N5O/c1-17(32)22-14-23(19-9-10-24-20(13-19)8-5-11-28-24)25(30-26(22)29-16-31(2)3)21-7-4-6-18(12-21)15-27/h4-14,16H,1-3H3. The Hall–Kier alpha value is -4.37. The van der Waals surface area contributed by atoms with Crippen molar-refractivity contribution in [2.24, 2.45) is 4.99 Å². The molecule has 0 aliphatic rings. The number of benzene rings is 2. The van der Waals surface area contributed by atoms with Crippen LogP contribution in [0.1, 0.15) is 22.8 Å². The number of nitriles is 1. The third-order valence-corrected chi connectivity index (χ3v) is 4.97. The van der Waals surface area contributed by atoms with E-state index >= 15 is 0 Å². The lowest BCUT2D eigenvalue weighted by Crippen LogP contribution is -2.08. The van der Waals surface area contributed by atoms with Crippen molar-refractivity contribution in [1.29, 1.82) is 5.26 Å². The van der Waals surface area contributed by atoms with E-state index in [1.165, 1.54) is 6.92 Å². The van der Waals surface area contributed by atoms with Crippen molar-refractivity contribution in [3.05, 3.63) is 78.0 Å². The van der Waals surface area contributed by atoms with Crippen molar-refractivity contribution in [3.8, 4) is 28.5 Å². The van der Waals surface area contributed by atoms with Crippen LogP contribution in [0.15, 0.2) is 71.9 Å². The van der Waals surface area contributed by atoms with Gasteiger partial charge in [-0.2, -0.15) is 5.26 Å². The second kappa shape index (κ2) is 8.78. The minimum Gasteiger partial charge on any atom is -0.369 e. The van der Waals surface area contributed by atoms with E-state index in [4.69, 9.17) is 4.98 Å². The molecular formula is C26H21N5O. The van der Waals surface area contributed by atoms with E-state index in [9.17, 15) is 10.1 Å².